The van der Waals surface area contributed by atoms with E-state index in [4.69, 9.17) is 9.47 Å². The highest BCUT2D eigenvalue weighted by Crippen LogP contribution is 2.33. The molecular weight excluding hydrogens is 352 g/mol. The van der Waals surface area contributed by atoms with Crippen molar-refractivity contribution in [1.29, 1.82) is 0 Å². The molecule has 0 spiro atoms. The van der Waals surface area contributed by atoms with E-state index < -0.39 is 5.97 Å². The number of methoxy groups -OCH3 is 1. The molecule has 0 aliphatic heterocycles. The first-order valence-corrected chi connectivity index (χ1v) is 9.04. The van der Waals surface area contributed by atoms with E-state index in [1.807, 2.05) is 73.7 Å². The summed E-state index contributed by atoms with van der Waals surface area (Å²) in [5.41, 5.74) is 4.36. The molecule has 0 radical (unpaired) electrons. The first-order valence-electron chi connectivity index (χ1n) is 9.04. The van der Waals surface area contributed by atoms with Crippen LogP contribution in [0.5, 0.6) is 11.5 Å². The normalized spacial score (nSPS) is 11.1. The van der Waals surface area contributed by atoms with E-state index in [2.05, 4.69) is 0 Å². The Morgan fingerprint density at radius 2 is 1.54 bits per heavy atom. The van der Waals surface area contributed by atoms with Gasteiger partial charge in [-0.1, -0.05) is 60.7 Å². The van der Waals surface area contributed by atoms with Crippen LogP contribution >= 0.6 is 0 Å². The van der Waals surface area contributed by atoms with Gasteiger partial charge in [0.05, 0.1) is 13.7 Å². The molecule has 4 nitrogen and oxygen atoms in total. The van der Waals surface area contributed by atoms with Crippen LogP contribution in [0.3, 0.4) is 0 Å². The quantitative estimate of drug-likeness (QED) is 0.572. The van der Waals surface area contributed by atoms with E-state index in [9.17, 15) is 9.90 Å². The van der Waals surface area contributed by atoms with E-state index in [0.29, 0.717) is 23.7 Å². The van der Waals surface area contributed by atoms with E-state index >= 15 is 0 Å². The van der Waals surface area contributed by atoms with Crippen molar-refractivity contribution in [3.05, 3.63) is 90.0 Å². The van der Waals surface area contributed by atoms with Gasteiger partial charge in [-0.3, -0.25) is 0 Å². The molecule has 0 amide bonds. The Bertz CT molecular complexity index is 973. The van der Waals surface area contributed by atoms with Crippen molar-refractivity contribution < 1.29 is 19.4 Å². The molecule has 4 heteroatoms. The summed E-state index contributed by atoms with van der Waals surface area (Å²) < 4.78 is 11.0. The number of hydrogen-bond donors (Lipinski definition) is 1. The third-order valence-electron chi connectivity index (χ3n) is 4.35. The molecule has 3 rings (SSSR count). The van der Waals surface area contributed by atoms with Crippen LogP contribution in [0.25, 0.3) is 16.7 Å². The zero-order valence-corrected chi connectivity index (χ0v) is 15.9. The molecule has 0 saturated heterocycles. The third kappa shape index (κ3) is 4.41. The van der Waals surface area contributed by atoms with Crippen molar-refractivity contribution in [2.45, 2.75) is 6.92 Å². The van der Waals surface area contributed by atoms with Crippen molar-refractivity contribution in [2.75, 3.05) is 13.7 Å². The van der Waals surface area contributed by atoms with Crippen molar-refractivity contribution in [3.63, 3.8) is 0 Å². The van der Waals surface area contributed by atoms with E-state index in [1.165, 1.54) is 6.08 Å². The van der Waals surface area contributed by atoms with E-state index in [-0.39, 0.29) is 0 Å². The minimum Gasteiger partial charge on any atom is -0.493 e. The summed E-state index contributed by atoms with van der Waals surface area (Å²) >= 11 is 0. The van der Waals surface area contributed by atoms with E-state index in [0.717, 1.165) is 22.3 Å². The molecule has 0 aliphatic rings. The standard InChI is InChI=1S/C24H22O4/c1-3-28-23-15-20(13-14-22(23)27-2)21(16-24(25)26)19-11-9-18(10-12-19)17-7-5-4-6-8-17/h4-16H,3H2,1-2H3,(H,25,26)/b21-16-. The fourth-order valence-electron chi connectivity index (χ4n) is 3.04. The number of hydrogen-bond acceptors (Lipinski definition) is 3. The Hall–Kier alpha value is -3.53. The lowest BCUT2D eigenvalue weighted by Gasteiger charge is -2.14. The Labute approximate surface area is 164 Å². The second-order valence-electron chi connectivity index (χ2n) is 6.14. The van der Waals surface area contributed by atoms with E-state index in [1.54, 1.807) is 13.2 Å². The van der Waals surface area contributed by atoms with Gasteiger partial charge in [0.25, 0.3) is 0 Å². The zero-order chi connectivity index (χ0) is 19.9. The molecule has 0 aliphatic carbocycles. The van der Waals surface area contributed by atoms with Gasteiger partial charge in [-0.15, -0.1) is 0 Å². The lowest BCUT2D eigenvalue weighted by Crippen LogP contribution is -1.99. The maximum absolute atomic E-state index is 11.4. The highest BCUT2D eigenvalue weighted by Gasteiger charge is 2.12. The van der Waals surface area contributed by atoms with Crippen molar-refractivity contribution in [1.82, 2.24) is 0 Å². The van der Waals surface area contributed by atoms with Gasteiger partial charge >= 0.3 is 5.97 Å². The molecule has 0 unspecified atom stereocenters. The van der Waals surface area contributed by atoms with Crippen LogP contribution in [0.1, 0.15) is 18.1 Å². The van der Waals surface area contributed by atoms with Gasteiger partial charge in [-0.25, -0.2) is 4.79 Å². The largest absolute Gasteiger partial charge is 0.493 e. The van der Waals surface area contributed by atoms with Crippen LogP contribution in [0.15, 0.2) is 78.9 Å². The molecule has 28 heavy (non-hydrogen) atoms. The van der Waals surface area contributed by atoms with Crippen LogP contribution in [-0.2, 0) is 4.79 Å². The number of carboxylic acid groups (broad SMARTS) is 1. The monoisotopic (exact) mass is 374 g/mol. The molecule has 0 aromatic heterocycles. The molecule has 0 fully saturated rings. The van der Waals surface area contributed by atoms with Gasteiger partial charge in [0.15, 0.2) is 11.5 Å². The Morgan fingerprint density at radius 3 is 2.14 bits per heavy atom. The average Bonchev–Trinajstić information content (AvgIpc) is 2.73. The summed E-state index contributed by atoms with van der Waals surface area (Å²) in [6.45, 7) is 2.38. The first kappa shape index (κ1) is 19.2. The fraction of sp³-hybridized carbons (Fsp3) is 0.125. The third-order valence-corrected chi connectivity index (χ3v) is 4.35. The average molecular weight is 374 g/mol. The lowest BCUT2D eigenvalue weighted by atomic mass is 9.95. The second kappa shape index (κ2) is 8.91. The smallest absolute Gasteiger partial charge is 0.328 e. The fourth-order valence-corrected chi connectivity index (χ4v) is 3.04. The van der Waals surface area contributed by atoms with Gasteiger partial charge in [-0.05, 0) is 46.9 Å². The predicted molar refractivity (Wildman–Crippen MR) is 111 cm³/mol. The number of aliphatic carboxylic acids is 1. The summed E-state index contributed by atoms with van der Waals surface area (Å²) in [7, 11) is 1.58. The molecule has 0 bridgehead atoms. The predicted octanol–water partition coefficient (Wildman–Crippen LogP) is 5.28. The molecule has 0 atom stereocenters. The topological polar surface area (TPSA) is 55.8 Å². The minimum absolute atomic E-state index is 0.490. The van der Waals surface area contributed by atoms with Crippen LogP contribution < -0.4 is 9.47 Å². The maximum atomic E-state index is 11.4. The Balaban J connectivity index is 2.02. The van der Waals surface area contributed by atoms with Crippen molar-refractivity contribution in [3.8, 4) is 22.6 Å². The van der Waals surface area contributed by atoms with Gasteiger partial charge in [-0.2, -0.15) is 0 Å². The number of carbonyl (C=O) groups is 1. The van der Waals surface area contributed by atoms with Gasteiger partial charge in [0.2, 0.25) is 0 Å². The Kier molecular flexibility index (Phi) is 6.12. The number of carboxylic acids is 1. The molecule has 0 heterocycles. The van der Waals surface area contributed by atoms with Crippen LogP contribution in [0.4, 0.5) is 0 Å². The number of rotatable bonds is 7. The highest BCUT2D eigenvalue weighted by atomic mass is 16.5. The molecule has 3 aromatic carbocycles. The first-order chi connectivity index (χ1) is 13.6. The summed E-state index contributed by atoms with van der Waals surface area (Å²) in [6.07, 6.45) is 1.22. The molecule has 0 saturated carbocycles. The molecular formula is C24H22O4. The number of benzene rings is 3. The lowest BCUT2D eigenvalue weighted by molar-refractivity contribution is -0.131. The van der Waals surface area contributed by atoms with Gasteiger partial charge in [0, 0.05) is 6.08 Å². The van der Waals surface area contributed by atoms with Crippen molar-refractivity contribution in [2.24, 2.45) is 0 Å². The summed E-state index contributed by atoms with van der Waals surface area (Å²) in [5.74, 6) is 0.190. The minimum atomic E-state index is -1.00. The second-order valence-corrected chi connectivity index (χ2v) is 6.14. The van der Waals surface area contributed by atoms with Crippen LogP contribution in [-0.4, -0.2) is 24.8 Å². The summed E-state index contributed by atoms with van der Waals surface area (Å²) in [4.78, 5) is 11.4. The molecule has 1 N–H and O–H groups in total. The van der Waals surface area contributed by atoms with Crippen molar-refractivity contribution >= 4 is 11.5 Å². The molecule has 3 aromatic rings. The summed E-state index contributed by atoms with van der Waals surface area (Å²) in [5, 5.41) is 9.38. The van der Waals surface area contributed by atoms with Crippen LogP contribution in [0, 0.1) is 0 Å². The number of ether oxygens (including phenoxy) is 2. The van der Waals surface area contributed by atoms with Gasteiger partial charge < -0.3 is 14.6 Å². The maximum Gasteiger partial charge on any atom is 0.328 e. The summed E-state index contributed by atoms with van der Waals surface area (Å²) in [6, 6.07) is 23.3. The van der Waals surface area contributed by atoms with Crippen LogP contribution in [0.2, 0.25) is 0 Å². The van der Waals surface area contributed by atoms with Gasteiger partial charge in [0.1, 0.15) is 0 Å². The highest BCUT2D eigenvalue weighted by molar-refractivity contribution is 5.95. The SMILES string of the molecule is CCOc1cc(/C(=C\C(=O)O)c2ccc(-c3ccccc3)cc2)ccc1OC. The molecule has 142 valence electrons. The Morgan fingerprint density at radius 1 is 0.893 bits per heavy atom. The zero-order valence-electron chi connectivity index (χ0n) is 15.9.